The van der Waals surface area contributed by atoms with Crippen LogP contribution in [-0.4, -0.2) is 50.2 Å². The number of rotatable bonds is 7. The van der Waals surface area contributed by atoms with E-state index in [9.17, 15) is 4.79 Å². The number of hydrogen-bond acceptors (Lipinski definition) is 5. The van der Waals surface area contributed by atoms with Crippen LogP contribution in [0.1, 0.15) is 0 Å². The number of halogens is 1. The summed E-state index contributed by atoms with van der Waals surface area (Å²) in [6.45, 7) is 0.478. The number of aliphatic hydroxyl groups excluding tert-OH is 1. The maximum Gasteiger partial charge on any atom is 0.403 e. The van der Waals surface area contributed by atoms with Gasteiger partial charge in [0.25, 0.3) is 0 Å². The molecule has 0 rings (SSSR count). The van der Waals surface area contributed by atoms with Gasteiger partial charge >= 0.3 is 5.43 Å². The molecule has 0 aliphatic heterocycles. The molecule has 0 aromatic carbocycles. The van der Waals surface area contributed by atoms with Crippen molar-refractivity contribution in [3.63, 3.8) is 0 Å². The normalized spacial score (nSPS) is 12.5. The Morgan fingerprint density at radius 2 is 2.23 bits per heavy atom. The van der Waals surface area contributed by atoms with Crippen LogP contribution >= 0.6 is 11.6 Å². The van der Waals surface area contributed by atoms with Gasteiger partial charge in [0.05, 0.1) is 19.8 Å². The van der Waals surface area contributed by atoms with Gasteiger partial charge in [-0.15, -0.1) is 0 Å². The fourth-order valence-electron chi connectivity index (χ4n) is 0.622. The third kappa shape index (κ3) is 7.98. The van der Waals surface area contributed by atoms with Crippen LogP contribution in [0.2, 0.25) is 0 Å². The molecule has 0 heterocycles. The predicted molar refractivity (Wildman–Crippen MR) is 45.9 cm³/mol. The molecule has 0 saturated heterocycles. The molecule has 0 spiro atoms. The zero-order valence-corrected chi connectivity index (χ0v) is 8.12. The highest BCUT2D eigenvalue weighted by atomic mass is 35.5. The van der Waals surface area contributed by atoms with Crippen LogP contribution < -0.4 is 0 Å². The van der Waals surface area contributed by atoms with Gasteiger partial charge < -0.3 is 19.3 Å². The summed E-state index contributed by atoms with van der Waals surface area (Å²) in [6, 6.07) is 0. The number of methoxy groups -OCH3 is 1. The van der Waals surface area contributed by atoms with Gasteiger partial charge in [-0.2, -0.15) is 0 Å². The first-order valence-corrected chi connectivity index (χ1v) is 4.12. The van der Waals surface area contributed by atoms with Crippen molar-refractivity contribution >= 4 is 17.0 Å². The van der Waals surface area contributed by atoms with Crippen molar-refractivity contribution in [3.05, 3.63) is 0 Å². The Morgan fingerprint density at radius 3 is 2.69 bits per heavy atom. The number of carbonyl (C=O) groups excluding carboxylic acids is 1. The van der Waals surface area contributed by atoms with Gasteiger partial charge in [0.1, 0.15) is 12.7 Å². The minimum atomic E-state index is -0.871. The predicted octanol–water partition coefficient (Wildman–Crippen LogP) is 0.386. The lowest BCUT2D eigenvalue weighted by Crippen LogP contribution is -2.25. The fraction of sp³-hybridized carbons (Fsp3) is 0.857. The molecule has 1 atom stereocenters. The fourth-order valence-corrected chi connectivity index (χ4v) is 0.685. The first-order chi connectivity index (χ1) is 6.20. The Labute approximate surface area is 81.5 Å². The third-order valence-electron chi connectivity index (χ3n) is 1.26. The van der Waals surface area contributed by atoms with Crippen LogP contribution in [0.3, 0.4) is 0 Å². The maximum absolute atomic E-state index is 10.2. The lowest BCUT2D eigenvalue weighted by molar-refractivity contribution is -0.0275. The van der Waals surface area contributed by atoms with E-state index in [2.05, 4.69) is 4.74 Å². The van der Waals surface area contributed by atoms with E-state index in [1.807, 2.05) is 0 Å². The minimum absolute atomic E-state index is 0.0459. The van der Waals surface area contributed by atoms with Crippen LogP contribution in [0.4, 0.5) is 4.79 Å². The van der Waals surface area contributed by atoms with Crippen molar-refractivity contribution < 1.29 is 24.1 Å². The lowest BCUT2D eigenvalue weighted by atomic mass is 10.4. The summed E-state index contributed by atoms with van der Waals surface area (Å²) in [5, 5.41) is 8.40. The topological polar surface area (TPSA) is 65.0 Å². The van der Waals surface area contributed by atoms with E-state index in [1.165, 1.54) is 7.11 Å². The molecule has 0 aromatic rings. The van der Waals surface area contributed by atoms with Crippen molar-refractivity contribution in [2.45, 2.75) is 6.10 Å². The van der Waals surface area contributed by atoms with Crippen LogP contribution in [0.5, 0.6) is 0 Å². The summed E-state index contributed by atoms with van der Waals surface area (Å²) >= 11 is 4.94. The molecule has 0 bridgehead atoms. The van der Waals surface area contributed by atoms with E-state index in [-0.39, 0.29) is 32.5 Å². The average molecular weight is 213 g/mol. The molecule has 0 aliphatic carbocycles. The number of hydrogen-bond donors (Lipinski definition) is 1. The minimum Gasteiger partial charge on any atom is -0.451 e. The molecule has 0 saturated carbocycles. The summed E-state index contributed by atoms with van der Waals surface area (Å²) in [4.78, 5) is 10.2. The van der Waals surface area contributed by atoms with E-state index in [4.69, 9.17) is 26.2 Å². The van der Waals surface area contributed by atoms with E-state index in [1.54, 1.807) is 0 Å². The number of carbonyl (C=O) groups is 1. The molecule has 0 aliphatic rings. The molecule has 0 radical (unpaired) electrons. The zero-order valence-electron chi connectivity index (χ0n) is 7.36. The van der Waals surface area contributed by atoms with E-state index < -0.39 is 5.43 Å². The monoisotopic (exact) mass is 212 g/mol. The van der Waals surface area contributed by atoms with Crippen molar-refractivity contribution in [2.24, 2.45) is 0 Å². The Kier molecular flexibility index (Phi) is 8.02. The Hall–Kier alpha value is -0.360. The lowest BCUT2D eigenvalue weighted by Gasteiger charge is -2.13. The third-order valence-corrected chi connectivity index (χ3v) is 1.36. The summed E-state index contributed by atoms with van der Waals surface area (Å²) in [5.74, 6) is 0. The number of aliphatic hydroxyl groups is 1. The molecule has 1 unspecified atom stereocenters. The first-order valence-electron chi connectivity index (χ1n) is 3.74. The molecule has 0 aromatic heterocycles. The van der Waals surface area contributed by atoms with E-state index >= 15 is 0 Å². The Morgan fingerprint density at radius 1 is 1.54 bits per heavy atom. The standard InChI is InChI=1S/C7H13ClO5/c1-11-6(4-12-3-2-9)5-13-7(8)10/h6,9H,2-5H2,1H3. The molecule has 78 valence electrons. The summed E-state index contributed by atoms with van der Waals surface area (Å²) in [7, 11) is 1.47. The molecule has 0 amide bonds. The van der Waals surface area contributed by atoms with Crippen LogP contribution in [0, 0.1) is 0 Å². The average Bonchev–Trinajstić information content (AvgIpc) is 2.10. The maximum atomic E-state index is 10.2. The smallest absolute Gasteiger partial charge is 0.403 e. The van der Waals surface area contributed by atoms with Crippen LogP contribution in [0.25, 0.3) is 0 Å². The first kappa shape index (κ1) is 12.6. The van der Waals surface area contributed by atoms with Gasteiger partial charge in [-0.05, 0) is 0 Å². The summed E-state index contributed by atoms with van der Waals surface area (Å²) in [5.41, 5.74) is -0.871. The number of ether oxygens (including phenoxy) is 3. The van der Waals surface area contributed by atoms with Crippen molar-refractivity contribution in [1.82, 2.24) is 0 Å². The second kappa shape index (κ2) is 8.25. The van der Waals surface area contributed by atoms with Gasteiger partial charge in [0, 0.05) is 18.7 Å². The SMILES string of the molecule is COC(COCCO)COC(=O)Cl. The van der Waals surface area contributed by atoms with Crippen molar-refractivity contribution in [1.29, 1.82) is 0 Å². The summed E-state index contributed by atoms with van der Waals surface area (Å²) in [6.07, 6.45) is -0.353. The highest BCUT2D eigenvalue weighted by Crippen LogP contribution is 1.96. The van der Waals surface area contributed by atoms with Crippen molar-refractivity contribution in [2.75, 3.05) is 33.5 Å². The molecular formula is C7H13ClO5. The molecule has 13 heavy (non-hydrogen) atoms. The van der Waals surface area contributed by atoms with Gasteiger partial charge in [-0.1, -0.05) is 0 Å². The zero-order chi connectivity index (χ0) is 10.1. The van der Waals surface area contributed by atoms with Gasteiger partial charge in [0.2, 0.25) is 0 Å². The van der Waals surface area contributed by atoms with Crippen LogP contribution in [0.15, 0.2) is 0 Å². The van der Waals surface area contributed by atoms with E-state index in [0.29, 0.717) is 0 Å². The molecule has 0 fully saturated rings. The highest BCUT2D eigenvalue weighted by molar-refractivity contribution is 6.61. The van der Waals surface area contributed by atoms with E-state index in [0.717, 1.165) is 0 Å². The second-order valence-electron chi connectivity index (χ2n) is 2.20. The Balaban J connectivity index is 3.45. The van der Waals surface area contributed by atoms with Crippen LogP contribution in [-0.2, 0) is 14.2 Å². The molecule has 1 N–H and O–H groups in total. The van der Waals surface area contributed by atoms with Gasteiger partial charge in [-0.3, -0.25) is 0 Å². The summed E-state index contributed by atoms with van der Waals surface area (Å²) < 4.78 is 14.3. The van der Waals surface area contributed by atoms with Gasteiger partial charge in [-0.25, -0.2) is 4.79 Å². The largest absolute Gasteiger partial charge is 0.451 e. The molecular weight excluding hydrogens is 200 g/mol. The Bertz CT molecular complexity index is 141. The quantitative estimate of drug-likeness (QED) is 0.489. The second-order valence-corrected chi connectivity index (χ2v) is 2.51. The van der Waals surface area contributed by atoms with Crippen molar-refractivity contribution in [3.8, 4) is 0 Å². The highest BCUT2D eigenvalue weighted by Gasteiger charge is 2.09. The molecule has 6 heteroatoms. The van der Waals surface area contributed by atoms with Gasteiger partial charge in [0.15, 0.2) is 0 Å². The molecule has 5 nitrogen and oxygen atoms in total.